The van der Waals surface area contributed by atoms with Crippen molar-refractivity contribution >= 4 is 38.7 Å². The smallest absolute Gasteiger partial charge is 0.265 e. The van der Waals surface area contributed by atoms with Crippen LogP contribution in [-0.2, 0) is 0 Å². The molecular weight excluding hydrogens is 400 g/mol. The molecule has 4 heteroatoms. The van der Waals surface area contributed by atoms with Crippen LogP contribution in [0.3, 0.4) is 0 Å². The highest BCUT2D eigenvalue weighted by atomic mass is 32.1. The van der Waals surface area contributed by atoms with Gasteiger partial charge in [0.25, 0.3) is 5.91 Å². The number of anilines is 1. The Morgan fingerprint density at radius 2 is 1.58 bits per heavy atom. The van der Waals surface area contributed by atoms with Gasteiger partial charge in [-0.3, -0.25) is 9.79 Å². The first-order valence-corrected chi connectivity index (χ1v) is 11.3. The molecule has 0 spiro atoms. The number of aliphatic imine (C=N–C) groups is 1. The number of fused-ring (bicyclic) bond motifs is 1. The van der Waals surface area contributed by atoms with Crippen molar-refractivity contribution in [2.24, 2.45) is 10.4 Å². The highest BCUT2D eigenvalue weighted by Crippen LogP contribution is 2.27. The molecule has 0 aliphatic rings. The number of benzene rings is 2. The van der Waals surface area contributed by atoms with Gasteiger partial charge in [0.1, 0.15) is 0 Å². The molecule has 1 aromatic heterocycles. The van der Waals surface area contributed by atoms with Gasteiger partial charge in [-0.25, -0.2) is 0 Å². The molecule has 0 fully saturated rings. The van der Waals surface area contributed by atoms with Crippen molar-refractivity contribution in [1.29, 1.82) is 0 Å². The lowest BCUT2D eigenvalue weighted by Gasteiger charge is -2.19. The van der Waals surface area contributed by atoms with E-state index in [2.05, 4.69) is 69.2 Å². The van der Waals surface area contributed by atoms with Crippen LogP contribution in [0.5, 0.6) is 0 Å². The molecule has 31 heavy (non-hydrogen) atoms. The third-order valence-corrected chi connectivity index (χ3v) is 6.28. The summed E-state index contributed by atoms with van der Waals surface area (Å²) in [5.74, 6) is -0.0484. The maximum atomic E-state index is 12.3. The van der Waals surface area contributed by atoms with Crippen molar-refractivity contribution in [3.8, 4) is 0 Å². The van der Waals surface area contributed by atoms with Crippen LogP contribution >= 0.6 is 11.3 Å². The predicted molar refractivity (Wildman–Crippen MR) is 138 cm³/mol. The maximum absolute atomic E-state index is 12.3. The minimum Gasteiger partial charge on any atom is -0.321 e. The normalized spacial score (nSPS) is 12.4. The van der Waals surface area contributed by atoms with Crippen LogP contribution in [0.1, 0.15) is 55.4 Å². The van der Waals surface area contributed by atoms with Gasteiger partial charge in [0.05, 0.1) is 4.88 Å². The van der Waals surface area contributed by atoms with E-state index < -0.39 is 0 Å². The molecule has 0 unspecified atom stereocenters. The van der Waals surface area contributed by atoms with Crippen molar-refractivity contribution < 1.29 is 4.79 Å². The van der Waals surface area contributed by atoms with Gasteiger partial charge in [-0.15, -0.1) is 11.3 Å². The molecule has 0 saturated heterocycles. The van der Waals surface area contributed by atoms with Gasteiger partial charge in [-0.05, 0) is 68.8 Å². The number of aryl methyl sites for hydroxylation is 2. The summed E-state index contributed by atoms with van der Waals surface area (Å²) < 4.78 is 1.14. The summed E-state index contributed by atoms with van der Waals surface area (Å²) in [5.41, 5.74) is 5.96. The van der Waals surface area contributed by atoms with E-state index in [1.54, 1.807) is 0 Å². The van der Waals surface area contributed by atoms with Crippen molar-refractivity contribution in [2.75, 3.05) is 12.4 Å². The van der Waals surface area contributed by atoms with Crippen LogP contribution in [0, 0.1) is 19.3 Å². The maximum Gasteiger partial charge on any atom is 0.265 e. The summed E-state index contributed by atoms with van der Waals surface area (Å²) in [6.07, 6.45) is 2.14. The Balaban J connectivity index is 0.000000267. The predicted octanol–water partition coefficient (Wildman–Crippen LogP) is 7.84. The minimum absolute atomic E-state index is 0.0484. The van der Waals surface area contributed by atoms with Crippen molar-refractivity contribution in [1.82, 2.24) is 0 Å². The summed E-state index contributed by atoms with van der Waals surface area (Å²) in [4.78, 5) is 17.1. The van der Waals surface area contributed by atoms with Crippen LogP contribution in [-0.4, -0.2) is 18.7 Å². The summed E-state index contributed by atoms with van der Waals surface area (Å²) in [6, 6.07) is 16.0. The number of thiophene rings is 1. The van der Waals surface area contributed by atoms with Crippen LogP contribution in [0.2, 0.25) is 0 Å². The Morgan fingerprint density at radius 1 is 0.968 bits per heavy atom. The molecule has 164 valence electrons. The first-order chi connectivity index (χ1) is 14.5. The molecule has 0 radical (unpaired) electrons. The van der Waals surface area contributed by atoms with Crippen LogP contribution in [0.15, 0.2) is 65.2 Å². The van der Waals surface area contributed by atoms with E-state index >= 15 is 0 Å². The molecular formula is C27H34N2OS. The Bertz CT molecular complexity index is 1100. The number of hydrogen-bond donors (Lipinski definition) is 1. The lowest BCUT2D eigenvalue weighted by Crippen LogP contribution is -2.09. The number of rotatable bonds is 3. The number of amides is 1. The molecule has 0 atom stereocenters. The molecule has 1 N–H and O–H groups in total. The van der Waals surface area contributed by atoms with Gasteiger partial charge in [-0.2, -0.15) is 0 Å². The topological polar surface area (TPSA) is 41.5 Å². The zero-order valence-electron chi connectivity index (χ0n) is 20.0. The van der Waals surface area contributed by atoms with Crippen molar-refractivity contribution in [2.45, 2.75) is 48.5 Å². The summed E-state index contributed by atoms with van der Waals surface area (Å²) in [6.45, 7) is 14.9. The molecule has 3 aromatic rings. The van der Waals surface area contributed by atoms with Crippen LogP contribution < -0.4 is 5.32 Å². The summed E-state index contributed by atoms with van der Waals surface area (Å²) >= 11 is 1.52. The quantitative estimate of drug-likeness (QED) is 0.419. The molecule has 1 amide bonds. The minimum atomic E-state index is -0.0484. The second-order valence-corrected chi connectivity index (χ2v) is 10.00. The van der Waals surface area contributed by atoms with Crippen LogP contribution in [0.25, 0.3) is 10.1 Å². The summed E-state index contributed by atoms with van der Waals surface area (Å²) in [5, 5.41) is 4.06. The molecule has 0 bridgehead atoms. The monoisotopic (exact) mass is 434 g/mol. The third kappa shape index (κ3) is 7.48. The van der Waals surface area contributed by atoms with E-state index in [1.807, 2.05) is 51.2 Å². The SMILES string of the molecule is CN=C(C)/C=C(\C)C(C)(C)C.Cc1ccc(NC(=O)c2cc3cc(C)ccc3s2)cc1. The van der Waals surface area contributed by atoms with Gasteiger partial charge in [-0.1, -0.05) is 61.7 Å². The highest BCUT2D eigenvalue weighted by Gasteiger charge is 2.12. The molecule has 0 aliphatic heterocycles. The first-order valence-electron chi connectivity index (χ1n) is 10.5. The molecule has 1 heterocycles. The van der Waals surface area contributed by atoms with E-state index in [0.717, 1.165) is 26.4 Å². The van der Waals surface area contributed by atoms with Gasteiger partial charge < -0.3 is 5.32 Å². The average Bonchev–Trinajstić information content (AvgIpc) is 3.12. The van der Waals surface area contributed by atoms with Gasteiger partial charge >= 0.3 is 0 Å². The van der Waals surface area contributed by atoms with Gasteiger partial charge in [0, 0.05) is 23.1 Å². The Hall–Kier alpha value is -2.72. The fourth-order valence-corrected chi connectivity index (χ4v) is 3.64. The van der Waals surface area contributed by atoms with E-state index in [0.29, 0.717) is 0 Å². The van der Waals surface area contributed by atoms with Crippen LogP contribution in [0.4, 0.5) is 5.69 Å². The van der Waals surface area contributed by atoms with Gasteiger partial charge in [0.15, 0.2) is 0 Å². The second-order valence-electron chi connectivity index (χ2n) is 8.91. The molecule has 0 aliphatic carbocycles. The third-order valence-electron chi connectivity index (χ3n) is 5.17. The average molecular weight is 435 g/mol. The van der Waals surface area contributed by atoms with Gasteiger partial charge in [0.2, 0.25) is 0 Å². The zero-order chi connectivity index (χ0) is 23.2. The zero-order valence-corrected chi connectivity index (χ0v) is 20.8. The molecule has 0 saturated carbocycles. The van der Waals surface area contributed by atoms with E-state index in [-0.39, 0.29) is 11.3 Å². The Morgan fingerprint density at radius 3 is 2.16 bits per heavy atom. The Labute approximate surface area is 190 Å². The fourth-order valence-electron chi connectivity index (χ4n) is 2.70. The van der Waals surface area contributed by atoms with Crippen molar-refractivity contribution in [3.63, 3.8) is 0 Å². The van der Waals surface area contributed by atoms with E-state index in [9.17, 15) is 4.79 Å². The number of nitrogens with one attached hydrogen (secondary N) is 1. The fraction of sp³-hybridized carbons (Fsp3) is 0.333. The summed E-state index contributed by atoms with van der Waals surface area (Å²) in [7, 11) is 1.82. The molecule has 3 nitrogen and oxygen atoms in total. The highest BCUT2D eigenvalue weighted by molar-refractivity contribution is 7.20. The number of carbonyl (C=O) groups excluding carboxylic acids is 1. The lowest BCUT2D eigenvalue weighted by atomic mass is 9.87. The van der Waals surface area contributed by atoms with E-state index in [1.165, 1.54) is 28.0 Å². The number of hydrogen-bond acceptors (Lipinski definition) is 3. The number of allylic oxidation sites excluding steroid dienone is 2. The molecule has 3 rings (SSSR count). The number of nitrogens with zero attached hydrogens (tertiary/aromatic N) is 1. The standard InChI is InChI=1S/C17H15NOS.C10H19N/c1-11-3-6-14(7-4-11)18-17(19)16-10-13-9-12(2)5-8-15(13)20-16;1-8(10(3,4)5)7-9(2)11-6/h3-10H,1-2H3,(H,18,19);7H,1-6H3/b;8-7+,11-9?. The largest absolute Gasteiger partial charge is 0.321 e. The number of carbonyl (C=O) groups is 1. The van der Waals surface area contributed by atoms with Crippen molar-refractivity contribution in [3.05, 3.63) is 76.2 Å². The Kier molecular flexibility index (Phi) is 8.35. The molecule has 2 aromatic carbocycles. The first kappa shape index (κ1) is 24.5. The lowest BCUT2D eigenvalue weighted by molar-refractivity contribution is 0.103. The van der Waals surface area contributed by atoms with E-state index in [4.69, 9.17) is 0 Å². The second kappa shape index (κ2) is 10.5.